The molecule has 49 heavy (non-hydrogen) atoms. The molecule has 0 spiro atoms. The molecule has 0 fully saturated rings. The standard InChI is InChI=1S/C46H28N2S/c1-2-12-30-27-32(23-21-29(30)11-1)47-39-18-8-4-15-35(39)45-41(47)24-25-42-46(45)36-16-5-9-19-40(36)48(42)38-17-7-3-13-33(38)31-22-26-44-37(28-31)34-14-6-10-20-43(34)49-44/h1-28H. The second-order valence-corrected chi connectivity index (χ2v) is 14.0. The summed E-state index contributed by atoms with van der Waals surface area (Å²) >= 11 is 1.87. The molecule has 0 atom stereocenters. The summed E-state index contributed by atoms with van der Waals surface area (Å²) in [6.45, 7) is 0. The third-order valence-corrected chi connectivity index (χ3v) is 11.4. The third-order valence-electron chi connectivity index (χ3n) is 10.3. The van der Waals surface area contributed by atoms with E-state index in [9.17, 15) is 0 Å². The molecule has 3 heterocycles. The minimum Gasteiger partial charge on any atom is -0.309 e. The quantitative estimate of drug-likeness (QED) is 0.182. The first-order valence-corrected chi connectivity index (χ1v) is 17.6. The summed E-state index contributed by atoms with van der Waals surface area (Å²) in [6, 6.07) is 62.5. The smallest absolute Gasteiger partial charge is 0.0549 e. The first kappa shape index (κ1) is 26.9. The molecule has 0 radical (unpaired) electrons. The predicted octanol–water partition coefficient (Wildman–Crippen LogP) is 13.1. The van der Waals surface area contributed by atoms with Crippen LogP contribution in [0.1, 0.15) is 0 Å². The first-order valence-electron chi connectivity index (χ1n) is 16.8. The van der Waals surface area contributed by atoms with E-state index in [0.29, 0.717) is 0 Å². The van der Waals surface area contributed by atoms with Crippen molar-refractivity contribution in [3.05, 3.63) is 170 Å². The van der Waals surface area contributed by atoms with Crippen LogP contribution >= 0.6 is 11.3 Å². The monoisotopic (exact) mass is 640 g/mol. The fourth-order valence-corrected chi connectivity index (χ4v) is 9.26. The van der Waals surface area contributed by atoms with Gasteiger partial charge < -0.3 is 9.13 Å². The van der Waals surface area contributed by atoms with E-state index in [1.54, 1.807) is 0 Å². The number of para-hydroxylation sites is 3. The highest BCUT2D eigenvalue weighted by atomic mass is 32.1. The Kier molecular flexibility index (Phi) is 5.57. The van der Waals surface area contributed by atoms with Gasteiger partial charge in [0.05, 0.1) is 27.8 Å². The lowest BCUT2D eigenvalue weighted by atomic mass is 10.0. The van der Waals surface area contributed by atoms with Gasteiger partial charge in [-0.3, -0.25) is 0 Å². The van der Waals surface area contributed by atoms with Gasteiger partial charge in [-0.2, -0.15) is 0 Å². The van der Waals surface area contributed by atoms with E-state index in [-0.39, 0.29) is 0 Å². The Labute approximate surface area is 286 Å². The molecule has 0 bridgehead atoms. The van der Waals surface area contributed by atoms with Gasteiger partial charge in [0.1, 0.15) is 0 Å². The van der Waals surface area contributed by atoms with Gasteiger partial charge in [0.15, 0.2) is 0 Å². The maximum atomic E-state index is 2.48. The van der Waals surface area contributed by atoms with Crippen molar-refractivity contribution in [1.82, 2.24) is 9.13 Å². The number of nitrogens with zero attached hydrogens (tertiary/aromatic N) is 2. The SMILES string of the molecule is c1ccc(-n2c3ccccc3c3c4c5ccccc5n(-c5ccc6ccccc6c5)c4ccc32)c(-c2ccc3sc4ccccc4c3c2)c1. The predicted molar refractivity (Wildman–Crippen MR) is 211 cm³/mol. The Morgan fingerprint density at radius 2 is 0.980 bits per heavy atom. The summed E-state index contributed by atoms with van der Waals surface area (Å²) in [6.07, 6.45) is 0. The van der Waals surface area contributed by atoms with Crippen molar-refractivity contribution >= 4 is 85.9 Å². The molecule has 0 saturated carbocycles. The summed E-state index contributed by atoms with van der Waals surface area (Å²) in [5.74, 6) is 0. The highest BCUT2D eigenvalue weighted by Gasteiger charge is 2.21. The minimum atomic E-state index is 1.18. The minimum absolute atomic E-state index is 1.18. The van der Waals surface area contributed by atoms with Gasteiger partial charge in [-0.25, -0.2) is 0 Å². The fraction of sp³-hybridized carbons (Fsp3) is 0. The molecular formula is C46H28N2S. The Hall–Kier alpha value is -6.16. The number of fused-ring (bicyclic) bond motifs is 11. The molecule has 0 aliphatic rings. The summed E-state index contributed by atoms with van der Waals surface area (Å²) in [5.41, 5.74) is 9.67. The van der Waals surface area contributed by atoms with Crippen molar-refractivity contribution < 1.29 is 0 Å². The number of hydrogen-bond donors (Lipinski definition) is 0. The number of aromatic nitrogens is 2. The van der Waals surface area contributed by atoms with Gasteiger partial charge in [-0.1, -0.05) is 109 Å². The number of thiophene rings is 1. The number of hydrogen-bond acceptors (Lipinski definition) is 1. The molecule has 228 valence electrons. The van der Waals surface area contributed by atoms with Gasteiger partial charge in [0, 0.05) is 53.0 Å². The molecule has 0 aliphatic carbocycles. The van der Waals surface area contributed by atoms with Crippen LogP contribution in [0.25, 0.3) is 97.1 Å². The Balaban J connectivity index is 1.22. The lowest BCUT2D eigenvalue weighted by Gasteiger charge is -2.14. The molecule has 0 unspecified atom stereocenters. The van der Waals surface area contributed by atoms with E-state index in [2.05, 4.69) is 179 Å². The average Bonchev–Trinajstić information content (AvgIpc) is 3.82. The normalized spacial score (nSPS) is 12.1. The zero-order valence-corrected chi connectivity index (χ0v) is 27.3. The lowest BCUT2D eigenvalue weighted by Crippen LogP contribution is -1.97. The van der Waals surface area contributed by atoms with Crippen LogP contribution in [0.15, 0.2) is 170 Å². The van der Waals surface area contributed by atoms with Crippen LogP contribution in [-0.4, -0.2) is 9.13 Å². The van der Waals surface area contributed by atoms with Crippen LogP contribution in [0.5, 0.6) is 0 Å². The largest absolute Gasteiger partial charge is 0.309 e. The van der Waals surface area contributed by atoms with Crippen LogP contribution < -0.4 is 0 Å². The number of benzene rings is 8. The lowest BCUT2D eigenvalue weighted by molar-refractivity contribution is 1.17. The van der Waals surface area contributed by atoms with Gasteiger partial charge in [-0.15, -0.1) is 11.3 Å². The second kappa shape index (κ2) is 10.2. The Bertz CT molecular complexity index is 3120. The van der Waals surface area contributed by atoms with Crippen LogP contribution in [0, 0.1) is 0 Å². The zero-order valence-electron chi connectivity index (χ0n) is 26.5. The van der Waals surface area contributed by atoms with E-state index in [4.69, 9.17) is 0 Å². The molecular weight excluding hydrogens is 613 g/mol. The molecule has 0 aliphatic heterocycles. The van der Waals surface area contributed by atoms with Crippen molar-refractivity contribution in [2.45, 2.75) is 0 Å². The van der Waals surface area contributed by atoms with Crippen LogP contribution in [0.4, 0.5) is 0 Å². The van der Waals surface area contributed by atoms with Gasteiger partial charge in [0.25, 0.3) is 0 Å². The fourth-order valence-electron chi connectivity index (χ4n) is 8.18. The van der Waals surface area contributed by atoms with Crippen LogP contribution in [0.2, 0.25) is 0 Å². The van der Waals surface area contributed by atoms with Crippen molar-refractivity contribution in [2.75, 3.05) is 0 Å². The van der Waals surface area contributed by atoms with Crippen LogP contribution in [-0.2, 0) is 0 Å². The molecule has 8 aromatic carbocycles. The molecule has 0 saturated heterocycles. The summed E-state index contributed by atoms with van der Waals surface area (Å²) in [4.78, 5) is 0. The van der Waals surface area contributed by atoms with E-state index >= 15 is 0 Å². The maximum Gasteiger partial charge on any atom is 0.0549 e. The second-order valence-electron chi connectivity index (χ2n) is 12.9. The molecule has 3 heteroatoms. The summed E-state index contributed by atoms with van der Waals surface area (Å²) < 4.78 is 7.58. The molecule has 11 rings (SSSR count). The van der Waals surface area contributed by atoms with Crippen molar-refractivity contribution in [3.8, 4) is 22.5 Å². The Morgan fingerprint density at radius 1 is 0.367 bits per heavy atom. The molecule has 3 aromatic heterocycles. The topological polar surface area (TPSA) is 9.86 Å². The summed E-state index contributed by atoms with van der Waals surface area (Å²) in [7, 11) is 0. The van der Waals surface area contributed by atoms with Gasteiger partial charge >= 0.3 is 0 Å². The molecule has 2 nitrogen and oxygen atoms in total. The van der Waals surface area contributed by atoms with Crippen molar-refractivity contribution in [3.63, 3.8) is 0 Å². The van der Waals surface area contributed by atoms with Crippen molar-refractivity contribution in [1.29, 1.82) is 0 Å². The average molecular weight is 641 g/mol. The third kappa shape index (κ3) is 3.82. The zero-order chi connectivity index (χ0) is 32.1. The van der Waals surface area contributed by atoms with E-state index in [1.807, 2.05) is 11.3 Å². The number of rotatable bonds is 3. The van der Waals surface area contributed by atoms with Gasteiger partial charge in [0.2, 0.25) is 0 Å². The first-order chi connectivity index (χ1) is 24.3. The van der Waals surface area contributed by atoms with Crippen molar-refractivity contribution in [2.24, 2.45) is 0 Å². The highest BCUT2D eigenvalue weighted by Crippen LogP contribution is 2.44. The maximum absolute atomic E-state index is 2.48. The summed E-state index contributed by atoms with van der Waals surface area (Å²) in [5, 5.41) is 10.2. The van der Waals surface area contributed by atoms with Gasteiger partial charge in [-0.05, 0) is 77.0 Å². The van der Waals surface area contributed by atoms with Crippen LogP contribution in [0.3, 0.4) is 0 Å². The molecule has 0 amide bonds. The highest BCUT2D eigenvalue weighted by molar-refractivity contribution is 7.25. The molecule has 0 N–H and O–H groups in total. The van der Waals surface area contributed by atoms with E-state index < -0.39 is 0 Å². The van der Waals surface area contributed by atoms with E-state index in [0.717, 1.165) is 0 Å². The van der Waals surface area contributed by atoms with E-state index in [1.165, 1.54) is 97.1 Å². The Morgan fingerprint density at radius 3 is 1.80 bits per heavy atom. The molecule has 11 aromatic rings.